The standard InChI is InChI=1S/C20H32N4O2.HI/c1-20(2,3)24-17(25)14-23-19(21-4)22-13-16-11-8-12-26-18(16)15-9-6-5-7-10-15;/h5-7,9-10,16,18H,8,11-14H2,1-4H3,(H,24,25)(H2,21,22,23);1H. The van der Waals surface area contributed by atoms with Crippen molar-refractivity contribution in [2.45, 2.75) is 45.3 Å². The van der Waals surface area contributed by atoms with Crippen molar-refractivity contribution in [2.24, 2.45) is 10.9 Å². The maximum absolute atomic E-state index is 11.9. The summed E-state index contributed by atoms with van der Waals surface area (Å²) in [6, 6.07) is 10.4. The first kappa shape index (κ1) is 23.7. The number of guanidine groups is 1. The smallest absolute Gasteiger partial charge is 0.239 e. The monoisotopic (exact) mass is 488 g/mol. The number of hydrogen-bond acceptors (Lipinski definition) is 3. The molecule has 27 heavy (non-hydrogen) atoms. The summed E-state index contributed by atoms with van der Waals surface area (Å²) in [4.78, 5) is 16.2. The van der Waals surface area contributed by atoms with E-state index in [-0.39, 0.29) is 48.1 Å². The van der Waals surface area contributed by atoms with Gasteiger partial charge in [-0.3, -0.25) is 9.79 Å². The molecule has 0 spiro atoms. The number of halogens is 1. The van der Waals surface area contributed by atoms with Crippen LogP contribution in [-0.2, 0) is 9.53 Å². The number of aliphatic imine (C=N–C) groups is 1. The largest absolute Gasteiger partial charge is 0.373 e. The maximum atomic E-state index is 11.9. The van der Waals surface area contributed by atoms with Crippen molar-refractivity contribution >= 4 is 35.8 Å². The van der Waals surface area contributed by atoms with Crippen LogP contribution in [0.4, 0.5) is 0 Å². The highest BCUT2D eigenvalue weighted by Crippen LogP contribution is 2.32. The normalized spacial score (nSPS) is 20.4. The van der Waals surface area contributed by atoms with Crippen LogP contribution in [-0.4, -0.2) is 44.1 Å². The second kappa shape index (κ2) is 11.5. The molecule has 2 rings (SSSR count). The number of ether oxygens (including phenoxy) is 1. The van der Waals surface area contributed by atoms with E-state index in [4.69, 9.17) is 4.74 Å². The Hall–Kier alpha value is -1.35. The third-order valence-corrected chi connectivity index (χ3v) is 4.26. The molecule has 6 nitrogen and oxygen atoms in total. The second-order valence-electron chi connectivity index (χ2n) is 7.71. The van der Waals surface area contributed by atoms with E-state index < -0.39 is 0 Å². The molecule has 1 aliphatic heterocycles. The molecule has 0 saturated carbocycles. The molecule has 0 aliphatic carbocycles. The van der Waals surface area contributed by atoms with Gasteiger partial charge in [-0.25, -0.2) is 0 Å². The van der Waals surface area contributed by atoms with Gasteiger partial charge >= 0.3 is 0 Å². The summed E-state index contributed by atoms with van der Waals surface area (Å²) in [5.41, 5.74) is 0.976. The van der Waals surface area contributed by atoms with E-state index in [1.807, 2.05) is 39.0 Å². The van der Waals surface area contributed by atoms with E-state index >= 15 is 0 Å². The lowest BCUT2D eigenvalue weighted by Crippen LogP contribution is -2.49. The summed E-state index contributed by atoms with van der Waals surface area (Å²) < 4.78 is 6.03. The number of hydrogen-bond donors (Lipinski definition) is 3. The van der Waals surface area contributed by atoms with Gasteiger partial charge in [-0.2, -0.15) is 0 Å². The third-order valence-electron chi connectivity index (χ3n) is 4.26. The summed E-state index contributed by atoms with van der Waals surface area (Å²) in [6.07, 6.45) is 2.27. The molecule has 1 heterocycles. The zero-order chi connectivity index (χ0) is 19.0. The molecule has 1 aliphatic rings. The number of rotatable bonds is 5. The van der Waals surface area contributed by atoms with Crippen molar-refractivity contribution in [1.82, 2.24) is 16.0 Å². The molecule has 3 N–H and O–H groups in total. The quantitative estimate of drug-likeness (QED) is 0.339. The summed E-state index contributed by atoms with van der Waals surface area (Å²) >= 11 is 0. The van der Waals surface area contributed by atoms with E-state index in [1.54, 1.807) is 7.05 Å². The first-order chi connectivity index (χ1) is 12.4. The zero-order valence-electron chi connectivity index (χ0n) is 16.7. The molecule has 7 heteroatoms. The van der Waals surface area contributed by atoms with Crippen molar-refractivity contribution in [2.75, 3.05) is 26.7 Å². The Balaban J connectivity index is 0.00000364. The van der Waals surface area contributed by atoms with Crippen molar-refractivity contribution in [1.29, 1.82) is 0 Å². The summed E-state index contributed by atoms with van der Waals surface area (Å²) in [6.45, 7) is 7.64. The van der Waals surface area contributed by atoms with E-state index in [9.17, 15) is 4.79 Å². The number of carbonyl (C=O) groups is 1. The second-order valence-corrected chi connectivity index (χ2v) is 7.71. The Kier molecular flexibility index (Phi) is 10.1. The van der Waals surface area contributed by atoms with Crippen molar-refractivity contribution < 1.29 is 9.53 Å². The van der Waals surface area contributed by atoms with E-state index in [0.717, 1.165) is 26.0 Å². The van der Waals surface area contributed by atoms with E-state index in [0.29, 0.717) is 11.9 Å². The van der Waals surface area contributed by atoms with Crippen LogP contribution in [0.2, 0.25) is 0 Å². The molecule has 1 aromatic carbocycles. The van der Waals surface area contributed by atoms with Gasteiger partial charge in [-0.05, 0) is 39.2 Å². The Morgan fingerprint density at radius 3 is 2.56 bits per heavy atom. The fraction of sp³-hybridized carbons (Fsp3) is 0.600. The molecular weight excluding hydrogens is 455 g/mol. The highest BCUT2D eigenvalue weighted by Gasteiger charge is 2.27. The SMILES string of the molecule is CN=C(NCC(=O)NC(C)(C)C)NCC1CCCOC1c1ccccc1.I. The topological polar surface area (TPSA) is 74.8 Å². The lowest BCUT2D eigenvalue weighted by Gasteiger charge is -2.32. The fourth-order valence-electron chi connectivity index (χ4n) is 3.14. The predicted molar refractivity (Wildman–Crippen MR) is 121 cm³/mol. The van der Waals surface area contributed by atoms with Crippen LogP contribution in [0, 0.1) is 5.92 Å². The highest BCUT2D eigenvalue weighted by atomic mass is 127. The highest BCUT2D eigenvalue weighted by molar-refractivity contribution is 14.0. The van der Waals surface area contributed by atoms with Crippen LogP contribution < -0.4 is 16.0 Å². The van der Waals surface area contributed by atoms with Gasteiger partial charge in [-0.15, -0.1) is 24.0 Å². The molecule has 2 atom stereocenters. The van der Waals surface area contributed by atoms with Crippen LogP contribution in [0.5, 0.6) is 0 Å². The lowest BCUT2D eigenvalue weighted by atomic mass is 9.89. The summed E-state index contributed by atoms with van der Waals surface area (Å²) in [7, 11) is 1.71. The van der Waals surface area contributed by atoms with Gasteiger partial charge in [-0.1, -0.05) is 30.3 Å². The predicted octanol–water partition coefficient (Wildman–Crippen LogP) is 2.85. The number of nitrogens with zero attached hydrogens (tertiary/aromatic N) is 1. The Morgan fingerprint density at radius 2 is 1.93 bits per heavy atom. The Bertz CT molecular complexity index is 602. The van der Waals surface area contributed by atoms with Crippen molar-refractivity contribution in [3.63, 3.8) is 0 Å². The van der Waals surface area contributed by atoms with Crippen LogP contribution in [0.3, 0.4) is 0 Å². The van der Waals surface area contributed by atoms with Crippen molar-refractivity contribution in [3.05, 3.63) is 35.9 Å². The number of nitrogens with one attached hydrogen (secondary N) is 3. The molecule has 1 fully saturated rings. The zero-order valence-corrected chi connectivity index (χ0v) is 19.1. The van der Waals surface area contributed by atoms with E-state index in [2.05, 4.69) is 33.1 Å². The molecule has 1 amide bonds. The minimum atomic E-state index is -0.238. The first-order valence-corrected chi connectivity index (χ1v) is 9.31. The summed E-state index contributed by atoms with van der Waals surface area (Å²) in [5, 5.41) is 9.34. The van der Waals surface area contributed by atoms with E-state index in [1.165, 1.54) is 5.56 Å². The molecule has 2 unspecified atom stereocenters. The van der Waals surface area contributed by atoms with Crippen LogP contribution in [0.15, 0.2) is 35.3 Å². The summed E-state index contributed by atoms with van der Waals surface area (Å²) in [5.74, 6) is 0.947. The van der Waals surface area contributed by atoms with Crippen LogP contribution in [0.1, 0.15) is 45.3 Å². The number of amides is 1. The van der Waals surface area contributed by atoms with Gasteiger partial charge in [0.1, 0.15) is 0 Å². The maximum Gasteiger partial charge on any atom is 0.239 e. The molecule has 152 valence electrons. The molecule has 1 saturated heterocycles. The van der Waals surface area contributed by atoms with Gasteiger partial charge in [0, 0.05) is 31.7 Å². The lowest BCUT2D eigenvalue weighted by molar-refractivity contribution is -0.121. The Morgan fingerprint density at radius 1 is 1.22 bits per heavy atom. The average molecular weight is 488 g/mol. The molecule has 0 bridgehead atoms. The van der Waals surface area contributed by atoms with Crippen LogP contribution in [0.25, 0.3) is 0 Å². The van der Waals surface area contributed by atoms with Gasteiger partial charge in [0.25, 0.3) is 0 Å². The number of benzene rings is 1. The molecule has 1 aromatic rings. The van der Waals surface area contributed by atoms with Crippen LogP contribution >= 0.6 is 24.0 Å². The minimum Gasteiger partial charge on any atom is -0.373 e. The fourth-order valence-corrected chi connectivity index (χ4v) is 3.14. The molecular formula is C20H33IN4O2. The minimum absolute atomic E-state index is 0. The van der Waals surface area contributed by atoms with Crippen molar-refractivity contribution in [3.8, 4) is 0 Å². The number of carbonyl (C=O) groups excluding carboxylic acids is 1. The first-order valence-electron chi connectivity index (χ1n) is 9.31. The third kappa shape index (κ3) is 8.47. The van der Waals surface area contributed by atoms with Gasteiger partial charge in [0.15, 0.2) is 5.96 Å². The van der Waals surface area contributed by atoms with Gasteiger partial charge in [0.05, 0.1) is 12.6 Å². The van der Waals surface area contributed by atoms with Gasteiger partial charge in [0.2, 0.25) is 5.91 Å². The molecule has 0 radical (unpaired) electrons. The van der Waals surface area contributed by atoms with Gasteiger partial charge < -0.3 is 20.7 Å². The average Bonchev–Trinajstić information content (AvgIpc) is 2.61. The molecule has 0 aromatic heterocycles. The Labute approximate surface area is 179 Å².